The van der Waals surface area contributed by atoms with Gasteiger partial charge in [0, 0.05) is 10.4 Å². The van der Waals surface area contributed by atoms with Crippen LogP contribution in [0.3, 0.4) is 0 Å². The molecule has 0 heterocycles. The molecular weight excluding hydrogens is 318 g/mol. The van der Waals surface area contributed by atoms with E-state index in [0.717, 1.165) is 0 Å². The van der Waals surface area contributed by atoms with Crippen LogP contribution in [-0.4, -0.2) is 106 Å². The molecule has 0 aliphatic heterocycles. The van der Waals surface area contributed by atoms with Crippen LogP contribution in [0.4, 0.5) is 0 Å². The number of hydrogen-bond donors (Lipinski definition) is 0. The van der Waals surface area contributed by atoms with Crippen LogP contribution < -0.4 is 167 Å². The molecule has 0 atom stereocenters. The van der Waals surface area contributed by atoms with Crippen molar-refractivity contribution in [2.24, 2.45) is 0 Å². The Kier molecular flexibility index (Phi) is 131. The molecule has 0 unspecified atom stereocenters. The zero-order chi connectivity index (χ0) is 4.50. The Balaban J connectivity index is -0.00000000381. The molecule has 0 aromatic rings. The van der Waals surface area contributed by atoms with E-state index in [-0.39, 0.29) is 255 Å². The van der Waals surface area contributed by atoms with E-state index < -0.39 is 10.4 Å². The summed E-state index contributed by atoms with van der Waals surface area (Å²) in [4.78, 5) is 0. The van der Waals surface area contributed by atoms with Gasteiger partial charge < -0.3 is 21.5 Å². The van der Waals surface area contributed by atoms with E-state index in [1.165, 1.54) is 0 Å². The SMILES string of the molecule is O=S(=O)([O-])[O-].[Cl-].[K+].[K+].[K+].[NaH].[NaH].[NaH]. The van der Waals surface area contributed by atoms with Gasteiger partial charge in [0.25, 0.3) is 0 Å². The number of hydrogen-bond acceptors (Lipinski definition) is 4. The van der Waals surface area contributed by atoms with Crippen LogP contribution in [0, 0.1) is 0 Å². The minimum absolute atomic E-state index is 0. The Morgan fingerprint density at radius 1 is 0.750 bits per heavy atom. The van der Waals surface area contributed by atoms with Gasteiger partial charge in [0.05, 0.1) is 0 Å². The Morgan fingerprint density at radius 3 is 0.750 bits per heavy atom. The third-order valence-electron chi connectivity index (χ3n) is 0. The third-order valence-corrected chi connectivity index (χ3v) is 0. The van der Waals surface area contributed by atoms with E-state index in [9.17, 15) is 0 Å². The monoisotopic (exact) mass is 320 g/mol. The van der Waals surface area contributed by atoms with Gasteiger partial charge in [0.2, 0.25) is 0 Å². The molecule has 0 spiro atoms. The van der Waals surface area contributed by atoms with Crippen LogP contribution in [0.1, 0.15) is 0 Å². The predicted molar refractivity (Wildman–Crippen MR) is 31.9 cm³/mol. The van der Waals surface area contributed by atoms with E-state index in [0.29, 0.717) is 0 Å². The normalized spacial score (nSPS) is 4.83. The first-order valence-corrected chi connectivity index (χ1v) is 2.00. The van der Waals surface area contributed by atoms with Gasteiger partial charge >= 0.3 is 243 Å². The number of rotatable bonds is 0. The van der Waals surface area contributed by atoms with Crippen LogP contribution in [0.25, 0.3) is 0 Å². The Labute approximate surface area is 273 Å². The van der Waals surface area contributed by atoms with Gasteiger partial charge in [-0.15, -0.1) is 0 Å². The number of halogens is 1. The Bertz CT molecular complexity index is 109. The average molecular weight is 321 g/mol. The molecular formula is H3ClK3Na3O4S. The molecule has 0 aliphatic rings. The summed E-state index contributed by atoms with van der Waals surface area (Å²) in [6, 6.07) is 0. The van der Waals surface area contributed by atoms with Crippen molar-refractivity contribution >= 4 is 99.1 Å². The van der Waals surface area contributed by atoms with Crippen molar-refractivity contribution in [3.05, 3.63) is 0 Å². The first-order valence-electron chi connectivity index (χ1n) is 0.667. The van der Waals surface area contributed by atoms with Gasteiger partial charge in [-0.1, -0.05) is 0 Å². The molecule has 0 saturated heterocycles. The topological polar surface area (TPSA) is 80.3 Å². The summed E-state index contributed by atoms with van der Waals surface area (Å²) in [5, 5.41) is 0. The van der Waals surface area contributed by atoms with Crippen LogP contribution in [0.2, 0.25) is 0 Å². The molecule has 0 saturated carbocycles. The fraction of sp³-hybridized carbons (Fsp3) is 0. The predicted octanol–water partition coefficient (Wildman–Crippen LogP) is -15.3. The summed E-state index contributed by atoms with van der Waals surface area (Å²) < 4.78 is 34.1. The summed E-state index contributed by atoms with van der Waals surface area (Å²) in [5.74, 6) is 0. The van der Waals surface area contributed by atoms with Gasteiger partial charge in [-0.2, -0.15) is 0 Å². The molecule has 0 aromatic carbocycles. The Hall–Kier alpha value is 8.07. The third kappa shape index (κ3) is 80.9. The molecule has 12 heavy (non-hydrogen) atoms. The van der Waals surface area contributed by atoms with E-state index in [1.54, 1.807) is 0 Å². The quantitative estimate of drug-likeness (QED) is 0.252. The van der Waals surface area contributed by atoms with E-state index in [2.05, 4.69) is 0 Å². The van der Waals surface area contributed by atoms with Crippen molar-refractivity contribution in [3.8, 4) is 0 Å². The molecule has 0 N–H and O–H groups in total. The maximum absolute atomic E-state index is 8.52. The van der Waals surface area contributed by atoms with Crippen LogP contribution in [-0.2, 0) is 10.4 Å². The molecule has 0 radical (unpaired) electrons. The molecule has 0 fully saturated rings. The molecule has 4 nitrogen and oxygen atoms in total. The van der Waals surface area contributed by atoms with Crippen molar-refractivity contribution in [1.29, 1.82) is 0 Å². The molecule has 46 valence electrons. The second-order valence-electron chi connectivity index (χ2n) is 0.408. The summed E-state index contributed by atoms with van der Waals surface area (Å²) in [6.07, 6.45) is 0. The van der Waals surface area contributed by atoms with Gasteiger partial charge in [-0.3, -0.25) is 8.42 Å². The maximum atomic E-state index is 8.52. The van der Waals surface area contributed by atoms with Crippen LogP contribution >= 0.6 is 0 Å². The van der Waals surface area contributed by atoms with E-state index >= 15 is 0 Å². The fourth-order valence-electron chi connectivity index (χ4n) is 0. The molecule has 0 amide bonds. The van der Waals surface area contributed by atoms with Gasteiger partial charge in [0.15, 0.2) is 0 Å². The van der Waals surface area contributed by atoms with E-state index in [1.807, 2.05) is 0 Å². The van der Waals surface area contributed by atoms with Gasteiger partial charge in [-0.25, -0.2) is 0 Å². The van der Waals surface area contributed by atoms with Gasteiger partial charge in [0.1, 0.15) is 0 Å². The van der Waals surface area contributed by atoms with Crippen molar-refractivity contribution in [1.82, 2.24) is 0 Å². The van der Waals surface area contributed by atoms with E-state index in [4.69, 9.17) is 17.5 Å². The molecule has 0 aliphatic carbocycles. The summed E-state index contributed by atoms with van der Waals surface area (Å²) in [7, 11) is -5.17. The first-order chi connectivity index (χ1) is 2.00. The minimum atomic E-state index is -5.17. The van der Waals surface area contributed by atoms with Crippen LogP contribution in [0.5, 0.6) is 0 Å². The molecule has 0 rings (SSSR count). The first kappa shape index (κ1) is 50.1. The summed E-state index contributed by atoms with van der Waals surface area (Å²) >= 11 is 0. The van der Waals surface area contributed by atoms with Crippen molar-refractivity contribution < 1.29 is 184 Å². The van der Waals surface area contributed by atoms with Crippen LogP contribution in [0.15, 0.2) is 0 Å². The second-order valence-corrected chi connectivity index (χ2v) is 1.22. The molecule has 12 heteroatoms. The second kappa shape index (κ2) is 31.5. The zero-order valence-electron chi connectivity index (χ0n) is 5.42. The van der Waals surface area contributed by atoms with Crippen molar-refractivity contribution in [2.45, 2.75) is 0 Å². The Morgan fingerprint density at radius 2 is 0.750 bits per heavy atom. The van der Waals surface area contributed by atoms with Crippen molar-refractivity contribution in [2.75, 3.05) is 0 Å². The zero-order valence-corrected chi connectivity index (χ0v) is 16.4. The summed E-state index contributed by atoms with van der Waals surface area (Å²) in [5.41, 5.74) is 0. The molecule has 0 aromatic heterocycles. The van der Waals surface area contributed by atoms with Crippen molar-refractivity contribution in [3.63, 3.8) is 0 Å². The van der Waals surface area contributed by atoms with Gasteiger partial charge in [-0.05, 0) is 0 Å². The summed E-state index contributed by atoms with van der Waals surface area (Å²) in [6.45, 7) is 0. The fourth-order valence-corrected chi connectivity index (χ4v) is 0. The molecule has 0 bridgehead atoms. The standard InChI is InChI=1S/ClH.3K.3Na.H2O4S.3H/c;;;;;;;1-5(2,3)4;;;/h1H;;;;;;;(H2,1,2,3,4);;;/q;3*+1;;;;;;;/p-3. The average Bonchev–Trinajstić information content (AvgIpc) is 0.722.